The molecular weight excluding hydrogens is 956 g/mol. The van der Waals surface area contributed by atoms with Crippen LogP contribution in [-0.2, 0) is 43.5 Å². The maximum absolute atomic E-state index is 13.0. The second kappa shape index (κ2) is 23.2. The third kappa shape index (κ3) is 11.7. The minimum atomic E-state index is -3.27. The van der Waals surface area contributed by atoms with Gasteiger partial charge in [0.15, 0.2) is 39.2 Å². The molecule has 21 heteroatoms. The summed E-state index contributed by atoms with van der Waals surface area (Å²) in [4.78, 5) is 28.4. The van der Waals surface area contributed by atoms with E-state index in [1.165, 1.54) is 12.7 Å². The fourth-order valence-electron chi connectivity index (χ4n) is 8.48. The van der Waals surface area contributed by atoms with E-state index in [2.05, 4.69) is 31.0 Å². The van der Waals surface area contributed by atoms with E-state index >= 15 is 0 Å². The quantitative estimate of drug-likeness (QED) is 0.0349. The van der Waals surface area contributed by atoms with Crippen molar-refractivity contribution in [1.29, 1.82) is 5.26 Å². The van der Waals surface area contributed by atoms with Crippen LogP contribution in [-0.4, -0.2) is 131 Å². The largest absolute Gasteiger partial charge is 0.497 e. The Morgan fingerprint density at radius 3 is 2.06 bits per heavy atom. The molecule has 2 aliphatic rings. The molecule has 5 atom stereocenters. The molecule has 5 aromatic rings. The molecule has 0 aliphatic carbocycles. The van der Waals surface area contributed by atoms with E-state index in [4.69, 9.17) is 44.9 Å². The average Bonchev–Trinajstić information content (AvgIpc) is 3.93. The standard InChI is InChI=1S/C49H61N8O10PS2/c1-32(2)46(58)54-44-41-45(52-30-51-44)56(31-53-41)47-43(66-48(69)55-24-27-70(59,60)28-25-55)42(67-68(64-26-12-23-50)57(33(3)4)34(5)6)40(65-47)29-63-49(35-13-10-9-11-14-35,36-15-19-38(61-7)20-16-36)37-17-21-39(62-8)22-18-37/h9-11,13-22,30-34,40,42-43,47H,12,24-29H2,1-8H3,(H,51,52,54,58)/t40-,42?,43?,47-,68?/m1/s1. The highest BCUT2D eigenvalue weighted by atomic mass is 32.2. The molecule has 4 heterocycles. The predicted molar refractivity (Wildman–Crippen MR) is 269 cm³/mol. The van der Waals surface area contributed by atoms with Crippen LogP contribution in [0.15, 0.2) is 91.5 Å². The molecule has 0 saturated carbocycles. The second-order valence-electron chi connectivity index (χ2n) is 17.7. The number of carbonyl (C=O) groups excluding carboxylic acids is 1. The van der Waals surface area contributed by atoms with E-state index in [1.807, 2.05) is 107 Å². The fraction of sp³-hybridized carbons (Fsp3) is 0.469. The summed E-state index contributed by atoms with van der Waals surface area (Å²) >= 11 is 6.01. The third-order valence-corrected chi connectivity index (χ3v) is 16.1. The minimum absolute atomic E-state index is 0.0435. The molecule has 3 aromatic carbocycles. The smallest absolute Gasteiger partial charge is 0.259 e. The lowest BCUT2D eigenvalue weighted by Crippen LogP contribution is -2.48. The summed E-state index contributed by atoms with van der Waals surface area (Å²) in [5.41, 5.74) is 1.73. The first kappa shape index (κ1) is 52.5. The van der Waals surface area contributed by atoms with Gasteiger partial charge >= 0.3 is 0 Å². The number of carbonyl (C=O) groups is 1. The van der Waals surface area contributed by atoms with Gasteiger partial charge in [-0.15, -0.1) is 0 Å². The van der Waals surface area contributed by atoms with Crippen LogP contribution in [0.5, 0.6) is 11.5 Å². The zero-order chi connectivity index (χ0) is 50.2. The number of nitriles is 1. The highest BCUT2D eigenvalue weighted by molar-refractivity contribution is 7.91. The summed E-state index contributed by atoms with van der Waals surface area (Å²) in [6.45, 7) is 11.9. The van der Waals surface area contributed by atoms with Gasteiger partial charge in [-0.1, -0.05) is 68.4 Å². The van der Waals surface area contributed by atoms with E-state index in [9.17, 15) is 18.5 Å². The summed E-state index contributed by atoms with van der Waals surface area (Å²) in [5, 5.41) is 12.5. The van der Waals surface area contributed by atoms with Crippen LogP contribution in [0.1, 0.15) is 70.9 Å². The number of imidazole rings is 1. The van der Waals surface area contributed by atoms with Crippen molar-refractivity contribution in [3.8, 4) is 17.6 Å². The normalized spacial score (nSPS) is 19.7. The number of thiocarbonyl (C=S) groups is 1. The van der Waals surface area contributed by atoms with Gasteiger partial charge in [0.2, 0.25) is 5.91 Å². The summed E-state index contributed by atoms with van der Waals surface area (Å²) in [5.74, 6) is 0.734. The molecule has 2 fully saturated rings. The first-order chi connectivity index (χ1) is 33.6. The Bertz CT molecular complexity index is 2640. The lowest BCUT2D eigenvalue weighted by molar-refractivity contribution is -0.118. The molecule has 70 heavy (non-hydrogen) atoms. The van der Waals surface area contributed by atoms with E-state index < -0.39 is 48.5 Å². The van der Waals surface area contributed by atoms with Crippen LogP contribution in [0.4, 0.5) is 5.82 Å². The molecule has 0 radical (unpaired) electrons. The van der Waals surface area contributed by atoms with Crippen LogP contribution < -0.4 is 14.8 Å². The number of sulfone groups is 1. The number of fused-ring (bicyclic) bond motifs is 1. The topological polar surface area (TPSA) is 202 Å². The number of anilines is 1. The molecule has 18 nitrogen and oxygen atoms in total. The van der Waals surface area contributed by atoms with Crippen molar-refractivity contribution in [2.75, 3.05) is 57.3 Å². The lowest BCUT2D eigenvalue weighted by Gasteiger charge is -2.39. The number of aromatic nitrogens is 4. The number of amides is 1. The summed E-state index contributed by atoms with van der Waals surface area (Å²) in [6.07, 6.45) is -1.16. The molecule has 2 aliphatic heterocycles. The molecule has 3 unspecified atom stereocenters. The van der Waals surface area contributed by atoms with Crippen molar-refractivity contribution in [3.05, 3.63) is 108 Å². The number of rotatable bonds is 20. The van der Waals surface area contributed by atoms with Crippen LogP contribution >= 0.6 is 20.7 Å². The monoisotopic (exact) mass is 1020 g/mol. The number of hydrogen-bond donors (Lipinski definition) is 1. The van der Waals surface area contributed by atoms with Crippen molar-refractivity contribution in [3.63, 3.8) is 0 Å². The van der Waals surface area contributed by atoms with Crippen molar-refractivity contribution in [2.45, 2.75) is 90.2 Å². The van der Waals surface area contributed by atoms with Gasteiger partial charge in [-0.25, -0.2) is 28.0 Å². The number of nitrogens with zero attached hydrogens (tertiary/aromatic N) is 7. The van der Waals surface area contributed by atoms with E-state index in [0.29, 0.717) is 22.7 Å². The highest BCUT2D eigenvalue weighted by Crippen LogP contribution is 2.52. The first-order valence-corrected chi connectivity index (χ1v) is 26.5. The molecule has 1 amide bonds. The Morgan fingerprint density at radius 2 is 1.50 bits per heavy atom. The van der Waals surface area contributed by atoms with Crippen molar-refractivity contribution >= 4 is 58.6 Å². The molecule has 374 valence electrons. The van der Waals surface area contributed by atoms with Gasteiger partial charge in [0.25, 0.3) is 13.7 Å². The Hall–Kier alpha value is -5.36. The summed E-state index contributed by atoms with van der Waals surface area (Å²) in [6, 6.07) is 27.3. The SMILES string of the molecule is COc1ccc(C(OC[C@H]2O[C@@H](n3cnc4c(NC(=O)C(C)C)ncnc43)C(OC(=S)N3CCS(=O)(=O)CC3)C2OP(OCCC#N)N(C(C)C)C(C)C)(c2ccccc2)c2ccc(OC)cc2)cc1. The number of ether oxygens (including phenoxy) is 5. The van der Waals surface area contributed by atoms with Gasteiger partial charge in [-0.3, -0.25) is 9.36 Å². The first-order valence-electron chi connectivity index (χ1n) is 23.1. The van der Waals surface area contributed by atoms with E-state index in [0.717, 1.165) is 16.7 Å². The molecule has 1 N–H and O–H groups in total. The summed E-state index contributed by atoms with van der Waals surface area (Å²) < 4.78 is 75.5. The van der Waals surface area contributed by atoms with Crippen molar-refractivity contribution in [1.82, 2.24) is 29.1 Å². The Morgan fingerprint density at radius 1 is 0.900 bits per heavy atom. The van der Waals surface area contributed by atoms with E-state index in [-0.39, 0.29) is 79.1 Å². The van der Waals surface area contributed by atoms with Crippen LogP contribution in [0.25, 0.3) is 11.2 Å². The number of hydrogen-bond acceptors (Lipinski definition) is 16. The number of nitrogens with one attached hydrogen (secondary N) is 1. The van der Waals surface area contributed by atoms with Crippen LogP contribution in [0.3, 0.4) is 0 Å². The van der Waals surface area contributed by atoms with E-state index in [1.54, 1.807) is 37.5 Å². The van der Waals surface area contributed by atoms with Crippen molar-refractivity contribution in [2.24, 2.45) is 5.92 Å². The molecule has 2 aromatic heterocycles. The van der Waals surface area contributed by atoms with Gasteiger partial charge < -0.3 is 42.9 Å². The lowest BCUT2D eigenvalue weighted by atomic mass is 9.80. The second-order valence-corrected chi connectivity index (χ2v) is 21.7. The van der Waals surface area contributed by atoms with Gasteiger partial charge in [0.1, 0.15) is 35.6 Å². The maximum atomic E-state index is 13.0. The van der Waals surface area contributed by atoms with Crippen molar-refractivity contribution < 1.29 is 45.9 Å². The predicted octanol–water partition coefficient (Wildman–Crippen LogP) is 7.41. The number of benzene rings is 3. The Kier molecular flexibility index (Phi) is 17.4. The molecule has 0 spiro atoms. The zero-order valence-corrected chi connectivity index (χ0v) is 43.2. The third-order valence-electron chi connectivity index (χ3n) is 12.0. The highest BCUT2D eigenvalue weighted by Gasteiger charge is 2.53. The Balaban J connectivity index is 1.40. The maximum Gasteiger partial charge on any atom is 0.259 e. The van der Waals surface area contributed by atoms with Gasteiger partial charge in [-0.05, 0) is 80.9 Å². The molecule has 0 bridgehead atoms. The fourth-order valence-corrected chi connectivity index (χ4v) is 11.7. The molecule has 7 rings (SSSR count). The molecule has 2 saturated heterocycles. The minimum Gasteiger partial charge on any atom is -0.497 e. The van der Waals surface area contributed by atoms with Gasteiger partial charge in [0.05, 0.1) is 57.8 Å². The zero-order valence-electron chi connectivity index (χ0n) is 40.6. The number of methoxy groups -OCH3 is 2. The van der Waals surface area contributed by atoms with Gasteiger partial charge in [0, 0.05) is 31.1 Å². The van der Waals surface area contributed by atoms with Crippen LogP contribution in [0, 0.1) is 17.2 Å². The van der Waals surface area contributed by atoms with Gasteiger partial charge in [-0.2, -0.15) is 5.26 Å². The molecular formula is C49H61N8O10PS2. The van der Waals surface area contributed by atoms with Crippen LogP contribution in [0.2, 0.25) is 0 Å². The Labute approximate surface area is 416 Å². The average molecular weight is 1020 g/mol. The summed E-state index contributed by atoms with van der Waals surface area (Å²) in [7, 11) is -1.99.